The van der Waals surface area contributed by atoms with Crippen molar-refractivity contribution in [2.45, 2.75) is 25.7 Å². The number of thiocarbonyl (C=S) groups is 1. The summed E-state index contributed by atoms with van der Waals surface area (Å²) in [7, 11) is 1.60. The van der Waals surface area contributed by atoms with Crippen LogP contribution in [0, 0.1) is 0 Å². The minimum atomic E-state index is -0.141. The van der Waals surface area contributed by atoms with Crippen LogP contribution < -0.4 is 4.74 Å². The Morgan fingerprint density at radius 3 is 2.73 bits per heavy atom. The molecule has 2 amide bonds. The number of para-hydroxylation sites is 1. The molecule has 2 fully saturated rings. The lowest BCUT2D eigenvalue weighted by Crippen LogP contribution is -2.38. The van der Waals surface area contributed by atoms with Crippen LogP contribution >= 0.6 is 24.0 Å². The fourth-order valence-corrected chi connectivity index (χ4v) is 4.43. The molecule has 0 saturated carbocycles. The molecule has 2 aliphatic rings. The zero-order valence-corrected chi connectivity index (χ0v) is 16.4. The summed E-state index contributed by atoms with van der Waals surface area (Å²) in [4.78, 5) is 29.0. The molecule has 2 saturated heterocycles. The molecular weight excluding hydrogens is 368 g/mol. The highest BCUT2D eigenvalue weighted by Crippen LogP contribution is 2.34. The molecule has 0 atom stereocenters. The van der Waals surface area contributed by atoms with E-state index in [2.05, 4.69) is 0 Å². The van der Waals surface area contributed by atoms with Gasteiger partial charge in [0.15, 0.2) is 0 Å². The molecule has 2 aliphatic heterocycles. The van der Waals surface area contributed by atoms with E-state index in [0.29, 0.717) is 27.9 Å². The van der Waals surface area contributed by atoms with Crippen molar-refractivity contribution in [1.29, 1.82) is 0 Å². The number of hydrogen-bond donors (Lipinski definition) is 0. The smallest absolute Gasteiger partial charge is 0.266 e. The van der Waals surface area contributed by atoms with E-state index >= 15 is 0 Å². The maximum atomic E-state index is 12.7. The van der Waals surface area contributed by atoms with Crippen molar-refractivity contribution in [3.63, 3.8) is 0 Å². The molecule has 26 heavy (non-hydrogen) atoms. The Kier molecular flexibility index (Phi) is 6.32. The number of methoxy groups -OCH3 is 1. The number of hydrogen-bond acceptors (Lipinski definition) is 5. The van der Waals surface area contributed by atoms with Gasteiger partial charge in [0, 0.05) is 31.6 Å². The molecule has 138 valence electrons. The number of thioether (sulfide) groups is 1. The van der Waals surface area contributed by atoms with E-state index in [4.69, 9.17) is 17.0 Å². The fourth-order valence-electron chi connectivity index (χ4n) is 3.13. The fraction of sp³-hybridized carbons (Fsp3) is 0.421. The van der Waals surface area contributed by atoms with E-state index in [-0.39, 0.29) is 11.8 Å². The maximum absolute atomic E-state index is 12.7. The summed E-state index contributed by atoms with van der Waals surface area (Å²) in [5.74, 6) is 0.669. The third-order valence-corrected chi connectivity index (χ3v) is 5.93. The van der Waals surface area contributed by atoms with Gasteiger partial charge in [0.05, 0.1) is 12.0 Å². The minimum absolute atomic E-state index is 0.104. The van der Waals surface area contributed by atoms with Gasteiger partial charge in [0.25, 0.3) is 5.91 Å². The molecule has 0 bridgehead atoms. The van der Waals surface area contributed by atoms with Crippen LogP contribution in [0.15, 0.2) is 29.2 Å². The highest BCUT2D eigenvalue weighted by molar-refractivity contribution is 8.26. The van der Waals surface area contributed by atoms with Crippen molar-refractivity contribution >= 4 is 46.2 Å². The predicted octanol–water partition coefficient (Wildman–Crippen LogP) is 3.30. The number of nitrogens with zero attached hydrogens (tertiary/aromatic N) is 2. The van der Waals surface area contributed by atoms with E-state index in [1.54, 1.807) is 13.2 Å². The van der Waals surface area contributed by atoms with Gasteiger partial charge < -0.3 is 9.64 Å². The molecule has 3 rings (SSSR count). The van der Waals surface area contributed by atoms with E-state index in [9.17, 15) is 9.59 Å². The molecular formula is C19H22N2O3S2. The Hall–Kier alpha value is -1.86. The van der Waals surface area contributed by atoms with Crippen LogP contribution in [0.3, 0.4) is 0 Å². The van der Waals surface area contributed by atoms with Gasteiger partial charge in [0.1, 0.15) is 10.1 Å². The number of rotatable bonds is 5. The quantitative estimate of drug-likeness (QED) is 0.570. The van der Waals surface area contributed by atoms with E-state index in [1.165, 1.54) is 23.1 Å². The second kappa shape index (κ2) is 8.68. The van der Waals surface area contributed by atoms with Crippen LogP contribution in [0.1, 0.15) is 31.2 Å². The third-order valence-electron chi connectivity index (χ3n) is 4.56. The highest BCUT2D eigenvalue weighted by Gasteiger charge is 2.32. The number of piperidine rings is 1. The number of ether oxygens (including phenoxy) is 1. The Morgan fingerprint density at radius 2 is 2.00 bits per heavy atom. The van der Waals surface area contributed by atoms with Crippen molar-refractivity contribution in [3.05, 3.63) is 34.7 Å². The van der Waals surface area contributed by atoms with E-state index < -0.39 is 0 Å². The van der Waals surface area contributed by atoms with Crippen molar-refractivity contribution in [3.8, 4) is 5.75 Å². The molecule has 0 unspecified atom stereocenters. The van der Waals surface area contributed by atoms with Gasteiger partial charge in [-0.15, -0.1) is 0 Å². The Bertz CT molecular complexity index is 742. The molecule has 0 aliphatic carbocycles. The van der Waals surface area contributed by atoms with Gasteiger partial charge in [-0.3, -0.25) is 14.5 Å². The molecule has 0 aromatic heterocycles. The Balaban J connectivity index is 1.65. The molecule has 0 radical (unpaired) electrons. The first-order chi connectivity index (χ1) is 12.6. The molecule has 1 aromatic carbocycles. The van der Waals surface area contributed by atoms with Crippen molar-refractivity contribution in [2.75, 3.05) is 26.7 Å². The van der Waals surface area contributed by atoms with Crippen LogP contribution in [-0.2, 0) is 9.59 Å². The number of carbonyl (C=O) groups is 2. The minimum Gasteiger partial charge on any atom is -0.496 e. The summed E-state index contributed by atoms with van der Waals surface area (Å²) in [6.07, 6.45) is 5.42. The van der Waals surface area contributed by atoms with E-state index in [1.807, 2.05) is 29.2 Å². The number of likely N-dealkylation sites (tertiary alicyclic amines) is 1. The maximum Gasteiger partial charge on any atom is 0.266 e. The van der Waals surface area contributed by atoms with Crippen LogP contribution in [0.4, 0.5) is 0 Å². The average molecular weight is 391 g/mol. The van der Waals surface area contributed by atoms with Gasteiger partial charge in [-0.1, -0.05) is 42.2 Å². The number of benzene rings is 1. The molecule has 7 heteroatoms. The summed E-state index contributed by atoms with van der Waals surface area (Å²) in [6, 6.07) is 7.52. The summed E-state index contributed by atoms with van der Waals surface area (Å²) < 4.78 is 5.83. The lowest BCUT2D eigenvalue weighted by Gasteiger charge is -2.27. The topological polar surface area (TPSA) is 49.9 Å². The molecule has 0 N–H and O–H groups in total. The Labute approximate surface area is 163 Å². The monoisotopic (exact) mass is 390 g/mol. The largest absolute Gasteiger partial charge is 0.496 e. The van der Waals surface area contributed by atoms with Crippen molar-refractivity contribution in [1.82, 2.24) is 9.80 Å². The molecule has 5 nitrogen and oxygen atoms in total. The Morgan fingerprint density at radius 1 is 1.27 bits per heavy atom. The van der Waals surface area contributed by atoms with Crippen LogP contribution in [0.5, 0.6) is 5.75 Å². The van der Waals surface area contributed by atoms with Gasteiger partial charge >= 0.3 is 0 Å². The lowest BCUT2D eigenvalue weighted by molar-refractivity contribution is -0.132. The molecule has 1 aromatic rings. The van der Waals surface area contributed by atoms with Gasteiger partial charge in [0.2, 0.25) is 5.91 Å². The zero-order valence-electron chi connectivity index (χ0n) is 14.8. The SMILES string of the molecule is COc1ccccc1/C=C1\SC(=S)N(CCC(=O)N2CCCCC2)C1=O. The van der Waals surface area contributed by atoms with Crippen LogP contribution in [-0.4, -0.2) is 52.7 Å². The number of carbonyl (C=O) groups excluding carboxylic acids is 2. The second-order valence-corrected chi connectivity index (χ2v) is 7.94. The zero-order chi connectivity index (χ0) is 18.5. The van der Waals surface area contributed by atoms with Gasteiger partial charge in [-0.2, -0.15) is 0 Å². The highest BCUT2D eigenvalue weighted by atomic mass is 32.2. The van der Waals surface area contributed by atoms with Crippen LogP contribution in [0.25, 0.3) is 6.08 Å². The number of amides is 2. The summed E-state index contributed by atoms with van der Waals surface area (Å²) >= 11 is 6.62. The summed E-state index contributed by atoms with van der Waals surface area (Å²) in [6.45, 7) is 1.99. The third kappa shape index (κ3) is 4.27. The standard InChI is InChI=1S/C19H22N2O3S2/c1-24-15-8-4-3-7-14(15)13-16-18(23)21(19(25)26-16)12-9-17(22)20-10-5-2-6-11-20/h3-4,7-8,13H,2,5-6,9-12H2,1H3/b16-13-. The van der Waals surface area contributed by atoms with Crippen molar-refractivity contribution in [2.24, 2.45) is 0 Å². The summed E-state index contributed by atoms with van der Waals surface area (Å²) in [5.41, 5.74) is 0.833. The summed E-state index contributed by atoms with van der Waals surface area (Å²) in [5, 5.41) is 0. The molecule has 0 spiro atoms. The first kappa shape index (κ1) is 18.9. The van der Waals surface area contributed by atoms with Gasteiger partial charge in [-0.05, 0) is 31.4 Å². The first-order valence-electron chi connectivity index (χ1n) is 8.76. The first-order valence-corrected chi connectivity index (χ1v) is 9.99. The van der Waals surface area contributed by atoms with Gasteiger partial charge in [-0.25, -0.2) is 0 Å². The predicted molar refractivity (Wildman–Crippen MR) is 108 cm³/mol. The average Bonchev–Trinajstić information content (AvgIpc) is 2.94. The van der Waals surface area contributed by atoms with Crippen molar-refractivity contribution < 1.29 is 14.3 Å². The normalized spacial score (nSPS) is 19.3. The second-order valence-electron chi connectivity index (χ2n) is 6.27. The molecule has 2 heterocycles. The van der Waals surface area contributed by atoms with E-state index in [0.717, 1.165) is 31.5 Å². The lowest BCUT2D eigenvalue weighted by atomic mass is 10.1. The van der Waals surface area contributed by atoms with Crippen LogP contribution in [0.2, 0.25) is 0 Å².